The molecule has 1 aromatic heterocycles. The summed E-state index contributed by atoms with van der Waals surface area (Å²) in [5.74, 6) is -0.0176. The SMILES string of the molecule is CC(C)CN1C(=O)c2ccccc2[C@@H](C(=O)Nc2cccnc2)C12CCCCC2. The minimum Gasteiger partial charge on any atom is -0.332 e. The van der Waals surface area contributed by atoms with E-state index in [2.05, 4.69) is 24.1 Å². The molecule has 2 aliphatic rings. The fraction of sp³-hybridized carbons (Fsp3) is 0.458. The highest BCUT2D eigenvalue weighted by Gasteiger charge is 2.54. The van der Waals surface area contributed by atoms with Gasteiger partial charge < -0.3 is 10.2 Å². The lowest BCUT2D eigenvalue weighted by Gasteiger charge is -2.54. The Labute approximate surface area is 172 Å². The van der Waals surface area contributed by atoms with Crippen LogP contribution >= 0.6 is 0 Å². The van der Waals surface area contributed by atoms with E-state index in [4.69, 9.17) is 0 Å². The maximum absolute atomic E-state index is 13.7. The second-order valence-electron chi connectivity index (χ2n) is 8.73. The second kappa shape index (κ2) is 7.97. The maximum Gasteiger partial charge on any atom is 0.254 e. The Morgan fingerprint density at radius 1 is 1.17 bits per heavy atom. The summed E-state index contributed by atoms with van der Waals surface area (Å²) < 4.78 is 0. The fourth-order valence-electron chi connectivity index (χ4n) is 5.13. The van der Waals surface area contributed by atoms with Crippen LogP contribution in [-0.4, -0.2) is 33.8 Å². The first-order valence-electron chi connectivity index (χ1n) is 10.6. The quantitative estimate of drug-likeness (QED) is 0.827. The third kappa shape index (κ3) is 3.54. The molecular weight excluding hydrogens is 362 g/mol. The van der Waals surface area contributed by atoms with E-state index in [9.17, 15) is 9.59 Å². The Balaban J connectivity index is 1.83. The summed E-state index contributed by atoms with van der Waals surface area (Å²) in [6.07, 6.45) is 8.33. The van der Waals surface area contributed by atoms with Crippen LogP contribution in [0.3, 0.4) is 0 Å². The lowest BCUT2D eigenvalue weighted by atomic mass is 9.65. The van der Waals surface area contributed by atoms with Gasteiger partial charge in [0, 0.05) is 18.3 Å². The van der Waals surface area contributed by atoms with E-state index in [1.165, 1.54) is 0 Å². The molecule has 0 saturated heterocycles. The highest BCUT2D eigenvalue weighted by Crippen LogP contribution is 2.49. The van der Waals surface area contributed by atoms with Crippen LogP contribution in [-0.2, 0) is 4.79 Å². The van der Waals surface area contributed by atoms with E-state index in [1.807, 2.05) is 41.3 Å². The number of pyridine rings is 1. The normalized spacial score (nSPS) is 20.6. The average Bonchev–Trinajstić information content (AvgIpc) is 2.72. The number of hydrogen-bond donors (Lipinski definition) is 1. The van der Waals surface area contributed by atoms with Crippen molar-refractivity contribution in [3.8, 4) is 0 Å². The van der Waals surface area contributed by atoms with Gasteiger partial charge in [0.2, 0.25) is 5.91 Å². The van der Waals surface area contributed by atoms with E-state index in [0.29, 0.717) is 23.7 Å². The Bertz CT molecular complexity index is 888. The van der Waals surface area contributed by atoms with Gasteiger partial charge in [-0.25, -0.2) is 0 Å². The molecule has 0 bridgehead atoms. The van der Waals surface area contributed by atoms with E-state index >= 15 is 0 Å². The molecule has 1 atom stereocenters. The Morgan fingerprint density at radius 3 is 2.62 bits per heavy atom. The summed E-state index contributed by atoms with van der Waals surface area (Å²) >= 11 is 0. The van der Waals surface area contributed by atoms with Gasteiger partial charge in [-0.2, -0.15) is 0 Å². The van der Waals surface area contributed by atoms with E-state index in [1.54, 1.807) is 12.4 Å². The number of carbonyl (C=O) groups is 2. The van der Waals surface area contributed by atoms with Gasteiger partial charge in [0.05, 0.1) is 23.3 Å². The maximum atomic E-state index is 13.7. The third-order valence-corrected chi connectivity index (χ3v) is 6.28. The van der Waals surface area contributed by atoms with Crippen molar-refractivity contribution < 1.29 is 9.59 Å². The number of rotatable bonds is 4. The number of carbonyl (C=O) groups excluding carboxylic acids is 2. The van der Waals surface area contributed by atoms with Gasteiger partial charge in [0.1, 0.15) is 0 Å². The van der Waals surface area contributed by atoms with Crippen molar-refractivity contribution >= 4 is 17.5 Å². The van der Waals surface area contributed by atoms with Gasteiger partial charge in [-0.1, -0.05) is 51.3 Å². The zero-order valence-corrected chi connectivity index (χ0v) is 17.2. The molecular formula is C24H29N3O2. The molecule has 1 N–H and O–H groups in total. The summed E-state index contributed by atoms with van der Waals surface area (Å²) in [5, 5.41) is 3.07. The predicted octanol–water partition coefficient (Wildman–Crippen LogP) is 4.62. The fourth-order valence-corrected chi connectivity index (χ4v) is 5.13. The van der Waals surface area contributed by atoms with Crippen molar-refractivity contribution in [2.24, 2.45) is 5.92 Å². The van der Waals surface area contributed by atoms with Gasteiger partial charge >= 0.3 is 0 Å². The first kappa shape index (κ1) is 19.6. The molecule has 2 aromatic rings. The Morgan fingerprint density at radius 2 is 1.93 bits per heavy atom. The molecule has 1 spiro atoms. The number of aromatic nitrogens is 1. The van der Waals surface area contributed by atoms with Gasteiger partial charge in [-0.3, -0.25) is 14.6 Å². The van der Waals surface area contributed by atoms with Crippen LogP contribution in [0.5, 0.6) is 0 Å². The van der Waals surface area contributed by atoms with E-state index in [0.717, 1.165) is 37.7 Å². The molecule has 5 nitrogen and oxygen atoms in total. The Hall–Kier alpha value is -2.69. The van der Waals surface area contributed by atoms with Crippen molar-refractivity contribution in [1.82, 2.24) is 9.88 Å². The highest BCUT2D eigenvalue weighted by molar-refractivity contribution is 6.05. The van der Waals surface area contributed by atoms with Crippen molar-refractivity contribution in [2.45, 2.75) is 57.4 Å². The molecule has 5 heteroatoms. The molecule has 29 heavy (non-hydrogen) atoms. The largest absolute Gasteiger partial charge is 0.332 e. The van der Waals surface area contributed by atoms with Crippen LogP contribution in [0.2, 0.25) is 0 Å². The lowest BCUT2D eigenvalue weighted by molar-refractivity contribution is -0.122. The number of amides is 2. The highest BCUT2D eigenvalue weighted by atomic mass is 16.2. The van der Waals surface area contributed by atoms with Gasteiger partial charge in [-0.05, 0) is 42.5 Å². The topological polar surface area (TPSA) is 62.3 Å². The zero-order chi connectivity index (χ0) is 20.4. The van der Waals surface area contributed by atoms with Crippen LogP contribution in [0, 0.1) is 5.92 Å². The first-order valence-corrected chi connectivity index (χ1v) is 10.6. The van der Waals surface area contributed by atoms with Crippen LogP contribution in [0.1, 0.15) is 67.8 Å². The Kier molecular flexibility index (Phi) is 5.39. The van der Waals surface area contributed by atoms with E-state index in [-0.39, 0.29) is 17.7 Å². The van der Waals surface area contributed by atoms with Crippen molar-refractivity contribution in [3.05, 3.63) is 59.9 Å². The van der Waals surface area contributed by atoms with Crippen molar-refractivity contribution in [1.29, 1.82) is 0 Å². The molecule has 0 unspecified atom stereocenters. The second-order valence-corrected chi connectivity index (χ2v) is 8.73. The van der Waals surface area contributed by atoms with Crippen LogP contribution in [0.15, 0.2) is 48.8 Å². The van der Waals surface area contributed by atoms with Crippen LogP contribution in [0.4, 0.5) is 5.69 Å². The molecule has 1 saturated carbocycles. The summed E-state index contributed by atoms with van der Waals surface area (Å²) in [4.78, 5) is 33.4. The van der Waals surface area contributed by atoms with Gasteiger partial charge in [-0.15, -0.1) is 0 Å². The molecule has 1 aliphatic heterocycles. The van der Waals surface area contributed by atoms with Gasteiger partial charge in [0.25, 0.3) is 5.91 Å². The number of anilines is 1. The van der Waals surface area contributed by atoms with Gasteiger partial charge in [0.15, 0.2) is 0 Å². The number of benzene rings is 1. The lowest BCUT2D eigenvalue weighted by Crippen LogP contribution is -2.62. The van der Waals surface area contributed by atoms with E-state index < -0.39 is 5.54 Å². The minimum absolute atomic E-state index is 0.0476. The molecule has 2 heterocycles. The van der Waals surface area contributed by atoms with Crippen LogP contribution < -0.4 is 5.32 Å². The average molecular weight is 392 g/mol. The predicted molar refractivity (Wildman–Crippen MR) is 114 cm³/mol. The monoisotopic (exact) mass is 391 g/mol. The first-order chi connectivity index (χ1) is 14.0. The molecule has 2 amide bonds. The molecule has 1 aliphatic carbocycles. The van der Waals surface area contributed by atoms with Crippen molar-refractivity contribution in [2.75, 3.05) is 11.9 Å². The smallest absolute Gasteiger partial charge is 0.254 e. The third-order valence-electron chi connectivity index (χ3n) is 6.28. The molecule has 1 fully saturated rings. The number of fused-ring (bicyclic) bond motifs is 1. The number of nitrogens with one attached hydrogen (secondary N) is 1. The number of nitrogens with zero attached hydrogens (tertiary/aromatic N) is 2. The number of hydrogen-bond acceptors (Lipinski definition) is 3. The molecule has 152 valence electrons. The summed E-state index contributed by atoms with van der Waals surface area (Å²) in [6.45, 7) is 4.94. The summed E-state index contributed by atoms with van der Waals surface area (Å²) in [6, 6.07) is 11.3. The van der Waals surface area contributed by atoms with Crippen molar-refractivity contribution in [3.63, 3.8) is 0 Å². The zero-order valence-electron chi connectivity index (χ0n) is 17.2. The van der Waals surface area contributed by atoms with Crippen LogP contribution in [0.25, 0.3) is 0 Å². The standard InChI is InChI=1S/C24H29N3O2/c1-17(2)16-27-23(29)20-11-5-4-10-19(20)21(24(27)12-6-3-7-13-24)22(28)26-18-9-8-14-25-15-18/h4-5,8-11,14-15,17,21H,3,6-7,12-13,16H2,1-2H3,(H,26,28)/t21-/m0/s1. The molecule has 0 radical (unpaired) electrons. The molecule has 1 aromatic carbocycles. The minimum atomic E-state index is -0.458. The summed E-state index contributed by atoms with van der Waals surface area (Å²) in [5.41, 5.74) is 1.75. The summed E-state index contributed by atoms with van der Waals surface area (Å²) in [7, 11) is 0. The molecule has 4 rings (SSSR count).